The van der Waals surface area contributed by atoms with E-state index in [9.17, 15) is 0 Å². The number of rotatable bonds is 9. The lowest BCUT2D eigenvalue weighted by molar-refractivity contribution is 0.181. The van der Waals surface area contributed by atoms with E-state index in [0.717, 1.165) is 45.0 Å². The Kier molecular flexibility index (Phi) is 6.47. The molecule has 0 saturated carbocycles. The lowest BCUT2D eigenvalue weighted by Crippen LogP contribution is -2.35. The number of aromatic nitrogens is 3. The van der Waals surface area contributed by atoms with Crippen LogP contribution in [0.25, 0.3) is 0 Å². The second-order valence-electron chi connectivity index (χ2n) is 5.72. The fraction of sp³-hybridized carbons (Fsp3) is 0.867. The minimum absolute atomic E-state index is 0.487. The van der Waals surface area contributed by atoms with Crippen LogP contribution in [0.2, 0.25) is 0 Å². The Bertz CT molecular complexity index is 374. The summed E-state index contributed by atoms with van der Waals surface area (Å²) in [5, 5.41) is 7.99. The van der Waals surface area contributed by atoms with Crippen LogP contribution in [0.3, 0.4) is 0 Å². The third-order valence-electron chi connectivity index (χ3n) is 3.88. The van der Waals surface area contributed by atoms with Gasteiger partial charge in [-0.3, -0.25) is 4.68 Å². The molecule has 0 radical (unpaired) electrons. The SMILES string of the molecule is CCCNC(Cc1ncnn1CCC)CC1CCOC1. The molecule has 2 heterocycles. The van der Waals surface area contributed by atoms with Crippen LogP contribution in [-0.4, -0.2) is 40.6 Å². The highest BCUT2D eigenvalue weighted by atomic mass is 16.5. The molecule has 0 aliphatic carbocycles. The maximum Gasteiger partial charge on any atom is 0.138 e. The summed E-state index contributed by atoms with van der Waals surface area (Å²) in [6, 6.07) is 0.487. The number of hydrogen-bond donors (Lipinski definition) is 1. The predicted molar refractivity (Wildman–Crippen MR) is 79.6 cm³/mol. The van der Waals surface area contributed by atoms with Gasteiger partial charge in [-0.25, -0.2) is 4.98 Å². The predicted octanol–water partition coefficient (Wildman–Crippen LogP) is 2.03. The van der Waals surface area contributed by atoms with E-state index in [4.69, 9.17) is 4.74 Å². The summed E-state index contributed by atoms with van der Waals surface area (Å²) in [6.07, 6.45) is 7.29. The van der Waals surface area contributed by atoms with Crippen LogP contribution in [0.5, 0.6) is 0 Å². The Morgan fingerprint density at radius 2 is 2.35 bits per heavy atom. The molecule has 1 N–H and O–H groups in total. The molecule has 0 spiro atoms. The van der Waals surface area contributed by atoms with Crippen molar-refractivity contribution in [2.45, 2.75) is 58.5 Å². The summed E-state index contributed by atoms with van der Waals surface area (Å²) in [5.41, 5.74) is 0. The maximum absolute atomic E-state index is 5.50. The second-order valence-corrected chi connectivity index (χ2v) is 5.72. The van der Waals surface area contributed by atoms with Gasteiger partial charge in [-0.05, 0) is 38.1 Å². The van der Waals surface area contributed by atoms with E-state index in [2.05, 4.69) is 29.2 Å². The van der Waals surface area contributed by atoms with Crippen molar-refractivity contribution < 1.29 is 4.74 Å². The smallest absolute Gasteiger partial charge is 0.138 e. The van der Waals surface area contributed by atoms with Gasteiger partial charge in [0.15, 0.2) is 0 Å². The Balaban J connectivity index is 1.92. The highest BCUT2D eigenvalue weighted by Crippen LogP contribution is 2.19. The van der Waals surface area contributed by atoms with E-state index in [1.165, 1.54) is 19.3 Å². The molecule has 114 valence electrons. The molecule has 1 aliphatic heterocycles. The second kappa shape index (κ2) is 8.37. The molecule has 1 aromatic rings. The summed E-state index contributed by atoms with van der Waals surface area (Å²) in [7, 11) is 0. The molecular weight excluding hydrogens is 252 g/mol. The molecule has 5 nitrogen and oxygen atoms in total. The van der Waals surface area contributed by atoms with Crippen LogP contribution in [0.4, 0.5) is 0 Å². The van der Waals surface area contributed by atoms with E-state index >= 15 is 0 Å². The van der Waals surface area contributed by atoms with Gasteiger partial charge in [0.25, 0.3) is 0 Å². The first-order valence-corrected chi connectivity index (χ1v) is 8.01. The number of nitrogens with one attached hydrogen (secondary N) is 1. The Hall–Kier alpha value is -0.940. The third kappa shape index (κ3) is 4.56. The standard InChI is InChI=1S/C15H28N4O/c1-3-6-16-14(9-13-5-8-20-11-13)10-15-17-12-18-19(15)7-4-2/h12-14,16H,3-11H2,1-2H3. The van der Waals surface area contributed by atoms with E-state index in [1.807, 2.05) is 4.68 Å². The van der Waals surface area contributed by atoms with Gasteiger partial charge in [0.05, 0.1) is 0 Å². The van der Waals surface area contributed by atoms with Crippen LogP contribution >= 0.6 is 0 Å². The monoisotopic (exact) mass is 280 g/mol. The average molecular weight is 280 g/mol. The minimum atomic E-state index is 0.487. The zero-order valence-electron chi connectivity index (χ0n) is 12.8. The lowest BCUT2D eigenvalue weighted by Gasteiger charge is -2.21. The molecule has 1 saturated heterocycles. The first kappa shape index (κ1) is 15.4. The van der Waals surface area contributed by atoms with Crippen LogP contribution < -0.4 is 5.32 Å². The largest absolute Gasteiger partial charge is 0.381 e. The van der Waals surface area contributed by atoms with E-state index in [-0.39, 0.29) is 0 Å². The van der Waals surface area contributed by atoms with Gasteiger partial charge in [0.2, 0.25) is 0 Å². The normalized spacial score (nSPS) is 20.4. The van der Waals surface area contributed by atoms with Gasteiger partial charge >= 0.3 is 0 Å². The number of aryl methyl sites for hydroxylation is 1. The van der Waals surface area contributed by atoms with Crippen molar-refractivity contribution >= 4 is 0 Å². The lowest BCUT2D eigenvalue weighted by atomic mass is 9.97. The van der Waals surface area contributed by atoms with Gasteiger partial charge < -0.3 is 10.1 Å². The van der Waals surface area contributed by atoms with Crippen molar-refractivity contribution in [3.63, 3.8) is 0 Å². The first-order chi connectivity index (χ1) is 9.83. The number of nitrogens with zero attached hydrogens (tertiary/aromatic N) is 3. The third-order valence-corrected chi connectivity index (χ3v) is 3.88. The maximum atomic E-state index is 5.50. The fourth-order valence-electron chi connectivity index (χ4n) is 2.82. The summed E-state index contributed by atoms with van der Waals surface area (Å²) in [5.74, 6) is 1.81. The highest BCUT2D eigenvalue weighted by Gasteiger charge is 2.22. The Labute approximate surface area is 122 Å². The zero-order chi connectivity index (χ0) is 14.2. The molecule has 2 unspecified atom stereocenters. The summed E-state index contributed by atoms with van der Waals surface area (Å²) >= 11 is 0. The molecule has 2 atom stereocenters. The van der Waals surface area contributed by atoms with Crippen molar-refractivity contribution in [1.82, 2.24) is 20.1 Å². The molecular formula is C15H28N4O. The van der Waals surface area contributed by atoms with Crippen LogP contribution in [0, 0.1) is 5.92 Å². The Morgan fingerprint density at radius 3 is 3.05 bits per heavy atom. The topological polar surface area (TPSA) is 52.0 Å². The highest BCUT2D eigenvalue weighted by molar-refractivity contribution is 4.91. The number of hydrogen-bond acceptors (Lipinski definition) is 4. The van der Waals surface area contributed by atoms with Gasteiger partial charge in [-0.15, -0.1) is 0 Å². The Morgan fingerprint density at radius 1 is 1.45 bits per heavy atom. The molecule has 1 aliphatic rings. The van der Waals surface area contributed by atoms with Crippen molar-refractivity contribution in [3.05, 3.63) is 12.2 Å². The molecule has 5 heteroatoms. The van der Waals surface area contributed by atoms with Crippen LogP contribution in [-0.2, 0) is 17.7 Å². The average Bonchev–Trinajstić information content (AvgIpc) is 3.09. The van der Waals surface area contributed by atoms with Gasteiger partial charge in [0.1, 0.15) is 12.2 Å². The molecule has 0 amide bonds. The molecule has 1 aromatic heterocycles. The molecule has 20 heavy (non-hydrogen) atoms. The molecule has 0 bridgehead atoms. The molecule has 0 aromatic carbocycles. The number of ether oxygens (including phenoxy) is 1. The fourth-order valence-corrected chi connectivity index (χ4v) is 2.82. The van der Waals surface area contributed by atoms with Gasteiger partial charge in [0, 0.05) is 32.2 Å². The zero-order valence-corrected chi connectivity index (χ0v) is 12.8. The quantitative estimate of drug-likeness (QED) is 0.752. The van der Waals surface area contributed by atoms with Crippen molar-refractivity contribution in [3.8, 4) is 0 Å². The van der Waals surface area contributed by atoms with Crippen molar-refractivity contribution in [1.29, 1.82) is 0 Å². The van der Waals surface area contributed by atoms with E-state index in [1.54, 1.807) is 6.33 Å². The first-order valence-electron chi connectivity index (χ1n) is 8.01. The summed E-state index contributed by atoms with van der Waals surface area (Å²) in [6.45, 7) is 8.27. The summed E-state index contributed by atoms with van der Waals surface area (Å²) in [4.78, 5) is 4.44. The van der Waals surface area contributed by atoms with E-state index < -0.39 is 0 Å². The van der Waals surface area contributed by atoms with Gasteiger partial charge in [-0.2, -0.15) is 5.10 Å². The van der Waals surface area contributed by atoms with Crippen LogP contribution in [0.1, 0.15) is 45.4 Å². The molecule has 2 rings (SSSR count). The van der Waals surface area contributed by atoms with Crippen LogP contribution in [0.15, 0.2) is 6.33 Å². The van der Waals surface area contributed by atoms with Gasteiger partial charge in [-0.1, -0.05) is 13.8 Å². The summed E-state index contributed by atoms with van der Waals surface area (Å²) < 4.78 is 7.55. The molecule has 1 fully saturated rings. The van der Waals surface area contributed by atoms with E-state index in [0.29, 0.717) is 12.0 Å². The van der Waals surface area contributed by atoms with Crippen molar-refractivity contribution in [2.75, 3.05) is 19.8 Å². The minimum Gasteiger partial charge on any atom is -0.381 e. The van der Waals surface area contributed by atoms with Crippen molar-refractivity contribution in [2.24, 2.45) is 5.92 Å².